The molecular formula is C15H29N3O3. The van der Waals surface area contributed by atoms with Gasteiger partial charge in [0.25, 0.3) is 0 Å². The Morgan fingerprint density at radius 2 is 2.14 bits per heavy atom. The fraction of sp³-hybridized carbons (Fsp3) is 0.867. The van der Waals surface area contributed by atoms with Gasteiger partial charge in [-0.25, -0.2) is 0 Å². The monoisotopic (exact) mass is 299 g/mol. The van der Waals surface area contributed by atoms with Gasteiger partial charge in [0.1, 0.15) is 0 Å². The first-order chi connectivity index (χ1) is 10.1. The quantitative estimate of drug-likeness (QED) is 0.330. The largest absolute Gasteiger partial charge is 0.469 e. The molecule has 1 aliphatic heterocycles. The van der Waals surface area contributed by atoms with Crippen LogP contribution in [-0.2, 0) is 14.3 Å². The highest BCUT2D eigenvalue weighted by Gasteiger charge is 2.36. The summed E-state index contributed by atoms with van der Waals surface area (Å²) in [5.74, 6) is 0.891. The highest BCUT2D eigenvalue weighted by Crippen LogP contribution is 2.23. The number of nitrogens with one attached hydrogen (secondary N) is 1. The Morgan fingerprint density at radius 1 is 1.38 bits per heavy atom. The molecular weight excluding hydrogens is 270 g/mol. The number of carbonyl (C=O) groups excluding carboxylic acids is 1. The second-order valence-corrected chi connectivity index (χ2v) is 5.45. The van der Waals surface area contributed by atoms with Crippen molar-refractivity contribution in [2.45, 2.75) is 26.7 Å². The van der Waals surface area contributed by atoms with Crippen molar-refractivity contribution in [2.75, 3.05) is 47.0 Å². The third-order valence-electron chi connectivity index (χ3n) is 3.80. The zero-order valence-corrected chi connectivity index (χ0v) is 13.7. The zero-order chi connectivity index (χ0) is 15.7. The van der Waals surface area contributed by atoms with Crippen molar-refractivity contribution in [3.8, 4) is 0 Å². The molecule has 0 spiro atoms. The maximum absolute atomic E-state index is 11.7. The van der Waals surface area contributed by atoms with E-state index in [-0.39, 0.29) is 17.8 Å². The summed E-state index contributed by atoms with van der Waals surface area (Å²) in [4.78, 5) is 18.1. The Balaban J connectivity index is 2.35. The first-order valence-electron chi connectivity index (χ1n) is 7.75. The minimum absolute atomic E-state index is 0.0747. The lowest BCUT2D eigenvalue weighted by Crippen LogP contribution is -2.41. The highest BCUT2D eigenvalue weighted by atomic mass is 16.5. The van der Waals surface area contributed by atoms with Crippen LogP contribution in [0.25, 0.3) is 0 Å². The Bertz CT molecular complexity index is 347. The van der Waals surface area contributed by atoms with Crippen molar-refractivity contribution in [1.82, 2.24) is 10.2 Å². The van der Waals surface area contributed by atoms with Gasteiger partial charge in [-0.1, -0.05) is 20.3 Å². The number of ether oxygens (including phenoxy) is 2. The summed E-state index contributed by atoms with van der Waals surface area (Å²) in [5, 5.41) is 3.29. The number of guanidine groups is 1. The molecule has 0 aliphatic carbocycles. The number of likely N-dealkylation sites (tertiary alicyclic amines) is 1. The minimum atomic E-state index is -0.136. The second-order valence-electron chi connectivity index (χ2n) is 5.45. The number of methoxy groups -OCH3 is 1. The van der Waals surface area contributed by atoms with Crippen LogP contribution in [0.3, 0.4) is 0 Å². The molecule has 0 radical (unpaired) electrons. The predicted molar refractivity (Wildman–Crippen MR) is 83.3 cm³/mol. The Hall–Kier alpha value is -1.30. The smallest absolute Gasteiger partial charge is 0.310 e. The molecule has 1 rings (SSSR count). The number of esters is 1. The maximum Gasteiger partial charge on any atom is 0.310 e. The summed E-state index contributed by atoms with van der Waals surface area (Å²) in [6.45, 7) is 7.90. The van der Waals surface area contributed by atoms with Crippen LogP contribution in [0, 0.1) is 11.8 Å². The van der Waals surface area contributed by atoms with E-state index >= 15 is 0 Å². The number of nitrogens with zero attached hydrogens (tertiary/aromatic N) is 2. The van der Waals surface area contributed by atoms with Gasteiger partial charge in [-0.2, -0.15) is 0 Å². The van der Waals surface area contributed by atoms with Gasteiger partial charge < -0.3 is 19.7 Å². The second kappa shape index (κ2) is 9.60. The molecule has 1 N–H and O–H groups in total. The van der Waals surface area contributed by atoms with E-state index in [0.29, 0.717) is 13.2 Å². The van der Waals surface area contributed by atoms with Gasteiger partial charge in [0.2, 0.25) is 0 Å². The highest BCUT2D eigenvalue weighted by molar-refractivity contribution is 5.82. The van der Waals surface area contributed by atoms with E-state index in [4.69, 9.17) is 9.47 Å². The van der Waals surface area contributed by atoms with E-state index in [1.54, 1.807) is 7.05 Å². The molecule has 2 unspecified atom stereocenters. The van der Waals surface area contributed by atoms with Gasteiger partial charge in [-0.15, -0.1) is 0 Å². The van der Waals surface area contributed by atoms with Gasteiger partial charge in [0, 0.05) is 33.3 Å². The summed E-state index contributed by atoms with van der Waals surface area (Å²) in [6.07, 6.45) is 2.24. The molecule has 0 saturated carbocycles. The van der Waals surface area contributed by atoms with Crippen LogP contribution in [0.4, 0.5) is 0 Å². The molecule has 122 valence electrons. The molecule has 21 heavy (non-hydrogen) atoms. The lowest BCUT2D eigenvalue weighted by Gasteiger charge is -2.21. The average molecular weight is 299 g/mol. The van der Waals surface area contributed by atoms with E-state index in [0.717, 1.165) is 38.5 Å². The Kier molecular flexibility index (Phi) is 8.12. The molecule has 0 bridgehead atoms. The van der Waals surface area contributed by atoms with E-state index in [1.165, 1.54) is 7.11 Å². The van der Waals surface area contributed by atoms with Gasteiger partial charge in [0.15, 0.2) is 5.96 Å². The standard InChI is InChI=1S/C15H29N3O3/c1-5-6-8-21-9-7-17-15(16-3)18-10-12(2)13(11-18)14(19)20-4/h12-13H,5-11H2,1-4H3,(H,16,17). The molecule has 0 aromatic carbocycles. The number of aliphatic imine (C=N–C) groups is 1. The molecule has 0 aromatic rings. The molecule has 1 saturated heterocycles. The van der Waals surface area contributed by atoms with E-state index in [9.17, 15) is 4.79 Å². The van der Waals surface area contributed by atoms with E-state index in [1.807, 2.05) is 0 Å². The molecule has 0 aromatic heterocycles. The molecule has 0 amide bonds. The van der Waals surface area contributed by atoms with Crippen molar-refractivity contribution >= 4 is 11.9 Å². The zero-order valence-electron chi connectivity index (χ0n) is 13.7. The minimum Gasteiger partial charge on any atom is -0.469 e. The fourth-order valence-electron chi connectivity index (χ4n) is 2.51. The summed E-state index contributed by atoms with van der Waals surface area (Å²) in [6, 6.07) is 0. The van der Waals surface area contributed by atoms with Gasteiger partial charge >= 0.3 is 5.97 Å². The number of rotatable bonds is 7. The topological polar surface area (TPSA) is 63.2 Å². The number of carbonyl (C=O) groups is 1. The maximum atomic E-state index is 11.7. The fourth-order valence-corrected chi connectivity index (χ4v) is 2.51. The van der Waals surface area contributed by atoms with Crippen molar-refractivity contribution in [3.63, 3.8) is 0 Å². The molecule has 1 heterocycles. The van der Waals surface area contributed by atoms with Crippen LogP contribution in [0.5, 0.6) is 0 Å². The average Bonchev–Trinajstić information content (AvgIpc) is 2.87. The lowest BCUT2D eigenvalue weighted by atomic mass is 9.99. The van der Waals surface area contributed by atoms with Crippen molar-refractivity contribution in [3.05, 3.63) is 0 Å². The molecule has 1 fully saturated rings. The summed E-state index contributed by atoms with van der Waals surface area (Å²) in [5.41, 5.74) is 0. The summed E-state index contributed by atoms with van der Waals surface area (Å²) < 4.78 is 10.4. The summed E-state index contributed by atoms with van der Waals surface area (Å²) >= 11 is 0. The molecule has 1 aliphatic rings. The molecule has 2 atom stereocenters. The number of hydrogen-bond donors (Lipinski definition) is 1. The third kappa shape index (κ3) is 5.53. The Morgan fingerprint density at radius 3 is 2.76 bits per heavy atom. The van der Waals surface area contributed by atoms with Gasteiger partial charge in [-0.05, 0) is 12.3 Å². The van der Waals surface area contributed by atoms with Gasteiger partial charge in [-0.3, -0.25) is 9.79 Å². The molecule has 6 heteroatoms. The first kappa shape index (κ1) is 17.8. The normalized spacial score (nSPS) is 22.5. The van der Waals surface area contributed by atoms with Crippen LogP contribution < -0.4 is 5.32 Å². The van der Waals surface area contributed by atoms with E-state index < -0.39 is 0 Å². The van der Waals surface area contributed by atoms with Crippen molar-refractivity contribution in [2.24, 2.45) is 16.8 Å². The molecule has 6 nitrogen and oxygen atoms in total. The predicted octanol–water partition coefficient (Wildman–Crippen LogP) is 1.12. The third-order valence-corrected chi connectivity index (χ3v) is 3.80. The van der Waals surface area contributed by atoms with Crippen LogP contribution in [0.2, 0.25) is 0 Å². The summed E-state index contributed by atoms with van der Waals surface area (Å²) in [7, 11) is 3.20. The van der Waals surface area contributed by atoms with Crippen LogP contribution in [0.1, 0.15) is 26.7 Å². The lowest BCUT2D eigenvalue weighted by molar-refractivity contribution is -0.145. The Labute approximate surface area is 127 Å². The van der Waals surface area contributed by atoms with Crippen LogP contribution in [-0.4, -0.2) is 63.8 Å². The van der Waals surface area contributed by atoms with Crippen molar-refractivity contribution < 1.29 is 14.3 Å². The van der Waals surface area contributed by atoms with E-state index in [2.05, 4.69) is 29.1 Å². The van der Waals surface area contributed by atoms with Crippen molar-refractivity contribution in [1.29, 1.82) is 0 Å². The van der Waals surface area contributed by atoms with Gasteiger partial charge in [0.05, 0.1) is 19.6 Å². The number of hydrogen-bond acceptors (Lipinski definition) is 4. The van der Waals surface area contributed by atoms with Crippen LogP contribution in [0.15, 0.2) is 4.99 Å². The van der Waals surface area contributed by atoms with Crippen LogP contribution >= 0.6 is 0 Å². The SMILES string of the molecule is CCCCOCCNC(=NC)N1CC(C)C(C(=O)OC)C1. The number of unbranched alkanes of at least 4 members (excludes halogenated alkanes) is 1. The first-order valence-corrected chi connectivity index (χ1v) is 7.75.